The van der Waals surface area contributed by atoms with Gasteiger partial charge in [0.2, 0.25) is 5.91 Å². The van der Waals surface area contributed by atoms with Gasteiger partial charge in [-0.1, -0.05) is 19.9 Å². The average Bonchev–Trinajstić information content (AvgIpc) is 2.28. The molecule has 1 saturated heterocycles. The number of rotatable bonds is 1. The number of pyridine rings is 1. The molecule has 0 atom stereocenters. The fraction of sp³-hybridized carbons (Fsp3) is 0.467. The van der Waals surface area contributed by atoms with Crippen LogP contribution in [0.3, 0.4) is 0 Å². The lowest BCUT2D eigenvalue weighted by Gasteiger charge is -2.39. The Hall–Kier alpha value is -1.64. The summed E-state index contributed by atoms with van der Waals surface area (Å²) >= 11 is 0. The third kappa shape index (κ3) is 3.19. The maximum Gasteiger partial charge on any atom is 0.219 e. The number of piperidine rings is 1. The molecular weight excluding hydrogens is 224 g/mol. The molecule has 2 rings (SSSR count). The third-order valence-electron chi connectivity index (χ3n) is 3.20. The van der Waals surface area contributed by atoms with Crippen molar-refractivity contribution in [3.63, 3.8) is 0 Å². The smallest absolute Gasteiger partial charge is 0.219 e. The second-order valence-electron chi connectivity index (χ2n) is 5.77. The van der Waals surface area contributed by atoms with E-state index in [2.05, 4.69) is 24.9 Å². The van der Waals surface area contributed by atoms with E-state index in [4.69, 9.17) is 0 Å². The molecule has 0 bridgehead atoms. The number of hydrogen-bond acceptors (Lipinski definition) is 2. The Balaban J connectivity index is 2.22. The van der Waals surface area contributed by atoms with Crippen molar-refractivity contribution >= 4 is 12.0 Å². The van der Waals surface area contributed by atoms with Crippen molar-refractivity contribution in [1.82, 2.24) is 9.88 Å². The lowest BCUT2D eigenvalue weighted by molar-refractivity contribution is -0.130. The molecule has 1 fully saturated rings. The van der Waals surface area contributed by atoms with Gasteiger partial charge in [-0.15, -0.1) is 0 Å². The first-order valence-electron chi connectivity index (χ1n) is 6.32. The summed E-state index contributed by atoms with van der Waals surface area (Å²) < 4.78 is 0. The Kier molecular flexibility index (Phi) is 3.50. The fourth-order valence-corrected chi connectivity index (χ4v) is 2.53. The number of likely N-dealkylation sites (tertiary alicyclic amines) is 1. The number of aromatic nitrogens is 1. The van der Waals surface area contributed by atoms with Crippen LogP contribution in [0.25, 0.3) is 6.08 Å². The predicted molar refractivity (Wildman–Crippen MR) is 72.9 cm³/mol. The molecule has 1 aliphatic heterocycles. The highest BCUT2D eigenvalue weighted by Crippen LogP contribution is 2.32. The van der Waals surface area contributed by atoms with Gasteiger partial charge in [-0.2, -0.15) is 0 Å². The quantitative estimate of drug-likeness (QED) is 0.761. The Morgan fingerprint density at radius 1 is 1.44 bits per heavy atom. The lowest BCUT2D eigenvalue weighted by Crippen LogP contribution is -2.43. The summed E-state index contributed by atoms with van der Waals surface area (Å²) in [6, 6.07) is 5.89. The Morgan fingerprint density at radius 2 is 2.22 bits per heavy atom. The van der Waals surface area contributed by atoms with Crippen molar-refractivity contribution in [1.29, 1.82) is 0 Å². The summed E-state index contributed by atoms with van der Waals surface area (Å²) in [7, 11) is 0. The van der Waals surface area contributed by atoms with Crippen molar-refractivity contribution in [3.05, 3.63) is 35.7 Å². The molecule has 0 aromatic carbocycles. The SMILES string of the molecule is CC(=O)N1CC(=Cc2ccccn2)CC(C)(C)C1. The summed E-state index contributed by atoms with van der Waals surface area (Å²) in [5.41, 5.74) is 2.39. The fourth-order valence-electron chi connectivity index (χ4n) is 2.53. The van der Waals surface area contributed by atoms with Crippen molar-refractivity contribution in [2.75, 3.05) is 13.1 Å². The summed E-state index contributed by atoms with van der Waals surface area (Å²) in [4.78, 5) is 17.8. The van der Waals surface area contributed by atoms with Crippen molar-refractivity contribution in [2.45, 2.75) is 27.2 Å². The molecule has 0 spiro atoms. The molecule has 0 saturated carbocycles. The molecule has 96 valence electrons. The van der Waals surface area contributed by atoms with E-state index in [1.807, 2.05) is 23.1 Å². The normalized spacial score (nSPS) is 21.1. The monoisotopic (exact) mass is 244 g/mol. The highest BCUT2D eigenvalue weighted by Gasteiger charge is 2.30. The van der Waals surface area contributed by atoms with Crippen LogP contribution < -0.4 is 0 Å². The van der Waals surface area contributed by atoms with Crippen LogP contribution in [0.5, 0.6) is 0 Å². The molecule has 18 heavy (non-hydrogen) atoms. The van der Waals surface area contributed by atoms with Crippen LogP contribution in [0.4, 0.5) is 0 Å². The molecule has 1 amide bonds. The Bertz CT molecular complexity index is 463. The van der Waals surface area contributed by atoms with E-state index in [0.717, 1.165) is 25.2 Å². The van der Waals surface area contributed by atoms with Gasteiger partial charge >= 0.3 is 0 Å². The molecule has 3 nitrogen and oxygen atoms in total. The van der Waals surface area contributed by atoms with E-state index in [1.165, 1.54) is 5.57 Å². The van der Waals surface area contributed by atoms with Gasteiger partial charge in [0.1, 0.15) is 0 Å². The lowest BCUT2D eigenvalue weighted by atomic mass is 9.81. The van der Waals surface area contributed by atoms with Crippen molar-refractivity contribution in [2.24, 2.45) is 5.41 Å². The van der Waals surface area contributed by atoms with E-state index in [0.29, 0.717) is 0 Å². The van der Waals surface area contributed by atoms with Crippen molar-refractivity contribution in [3.8, 4) is 0 Å². The zero-order valence-corrected chi connectivity index (χ0v) is 11.3. The average molecular weight is 244 g/mol. The van der Waals surface area contributed by atoms with E-state index in [-0.39, 0.29) is 11.3 Å². The number of amides is 1. The van der Waals surface area contributed by atoms with Crippen LogP contribution in [0.2, 0.25) is 0 Å². The van der Waals surface area contributed by atoms with Crippen LogP contribution in [-0.4, -0.2) is 28.9 Å². The number of hydrogen-bond donors (Lipinski definition) is 0. The Labute approximate surface area is 109 Å². The second-order valence-corrected chi connectivity index (χ2v) is 5.77. The number of carbonyl (C=O) groups excluding carboxylic acids is 1. The van der Waals surface area contributed by atoms with Crippen LogP contribution in [-0.2, 0) is 4.79 Å². The van der Waals surface area contributed by atoms with Gasteiger partial charge < -0.3 is 4.90 Å². The first-order valence-corrected chi connectivity index (χ1v) is 6.32. The minimum absolute atomic E-state index is 0.143. The third-order valence-corrected chi connectivity index (χ3v) is 3.20. The van der Waals surface area contributed by atoms with Gasteiger partial charge in [0.05, 0.1) is 5.69 Å². The first-order chi connectivity index (χ1) is 8.46. The van der Waals surface area contributed by atoms with Crippen LogP contribution in [0.15, 0.2) is 30.0 Å². The summed E-state index contributed by atoms with van der Waals surface area (Å²) in [5, 5.41) is 0. The molecule has 2 heterocycles. The van der Waals surface area contributed by atoms with E-state index < -0.39 is 0 Å². The molecule has 0 radical (unpaired) electrons. The van der Waals surface area contributed by atoms with Gasteiger partial charge in [-0.25, -0.2) is 0 Å². The molecule has 3 heteroatoms. The van der Waals surface area contributed by atoms with Crippen LogP contribution >= 0.6 is 0 Å². The maximum atomic E-state index is 11.6. The van der Waals surface area contributed by atoms with E-state index >= 15 is 0 Å². The largest absolute Gasteiger partial charge is 0.338 e. The maximum absolute atomic E-state index is 11.6. The zero-order valence-electron chi connectivity index (χ0n) is 11.3. The molecular formula is C15H20N2O. The summed E-state index contributed by atoms with van der Waals surface area (Å²) in [6.45, 7) is 7.61. The van der Waals surface area contributed by atoms with Gasteiger partial charge in [-0.3, -0.25) is 9.78 Å². The van der Waals surface area contributed by atoms with Crippen molar-refractivity contribution < 1.29 is 4.79 Å². The van der Waals surface area contributed by atoms with Gasteiger partial charge in [0, 0.05) is 26.2 Å². The molecule has 1 aliphatic rings. The van der Waals surface area contributed by atoms with Gasteiger partial charge in [0.15, 0.2) is 0 Å². The molecule has 1 aromatic heterocycles. The Morgan fingerprint density at radius 3 is 2.83 bits per heavy atom. The first kappa shape index (κ1) is 12.8. The minimum atomic E-state index is 0.143. The summed E-state index contributed by atoms with van der Waals surface area (Å²) in [6.07, 6.45) is 4.92. The topological polar surface area (TPSA) is 33.2 Å². The molecule has 0 aliphatic carbocycles. The molecule has 0 N–H and O–H groups in total. The minimum Gasteiger partial charge on any atom is -0.338 e. The van der Waals surface area contributed by atoms with E-state index in [1.54, 1.807) is 13.1 Å². The number of nitrogens with zero attached hydrogens (tertiary/aromatic N) is 2. The van der Waals surface area contributed by atoms with Crippen LogP contribution in [0, 0.1) is 5.41 Å². The highest BCUT2D eigenvalue weighted by molar-refractivity contribution is 5.74. The second kappa shape index (κ2) is 4.92. The highest BCUT2D eigenvalue weighted by atomic mass is 16.2. The molecule has 1 aromatic rings. The van der Waals surface area contributed by atoms with E-state index in [9.17, 15) is 4.79 Å². The summed E-state index contributed by atoms with van der Waals surface area (Å²) in [5.74, 6) is 0.148. The zero-order chi connectivity index (χ0) is 13.2. The standard InChI is InChI=1S/C15H20N2O/c1-12(18)17-10-13(9-15(2,3)11-17)8-14-6-4-5-7-16-14/h4-8H,9-11H2,1-3H3. The predicted octanol–water partition coefficient (Wildman–Crippen LogP) is 2.74. The van der Waals surface area contributed by atoms with Gasteiger partial charge in [-0.05, 0) is 35.6 Å². The molecule has 0 unspecified atom stereocenters. The van der Waals surface area contributed by atoms with Crippen LogP contribution in [0.1, 0.15) is 32.9 Å². The van der Waals surface area contributed by atoms with Gasteiger partial charge in [0.25, 0.3) is 0 Å². The number of carbonyl (C=O) groups is 1.